The van der Waals surface area contributed by atoms with E-state index in [4.69, 9.17) is 4.74 Å². The lowest BCUT2D eigenvalue weighted by Gasteiger charge is -2.13. The molecule has 6 heteroatoms. The van der Waals surface area contributed by atoms with Crippen LogP contribution in [0.2, 0.25) is 0 Å². The molecule has 114 valence electrons. The summed E-state index contributed by atoms with van der Waals surface area (Å²) in [6.07, 6.45) is 2.55. The highest BCUT2D eigenvalue weighted by atomic mass is 79.9. The van der Waals surface area contributed by atoms with Gasteiger partial charge in [-0.1, -0.05) is 12.1 Å². The van der Waals surface area contributed by atoms with Gasteiger partial charge < -0.3 is 10.1 Å². The maximum atomic E-state index is 11.9. The number of ether oxygens (including phenoxy) is 1. The number of anilines is 1. The van der Waals surface area contributed by atoms with Crippen molar-refractivity contribution in [2.75, 3.05) is 23.9 Å². The summed E-state index contributed by atoms with van der Waals surface area (Å²) < 4.78 is 5.58. The van der Waals surface area contributed by atoms with E-state index in [9.17, 15) is 9.59 Å². The molecule has 0 radical (unpaired) electrons. The van der Waals surface area contributed by atoms with E-state index in [1.165, 1.54) is 7.11 Å². The summed E-state index contributed by atoms with van der Waals surface area (Å²) in [5, 5.41) is 2.87. The third kappa shape index (κ3) is 5.04. The van der Waals surface area contributed by atoms with E-state index in [1.807, 2.05) is 24.3 Å². The summed E-state index contributed by atoms with van der Waals surface area (Å²) in [6, 6.07) is 7.52. The van der Waals surface area contributed by atoms with Crippen LogP contribution in [0.15, 0.2) is 28.7 Å². The third-order valence-corrected chi connectivity index (χ3v) is 5.47. The molecule has 1 N–H and O–H groups in total. The number of nitrogens with one attached hydrogen (secondary N) is 1. The van der Waals surface area contributed by atoms with Gasteiger partial charge in [-0.25, -0.2) is 0 Å². The fourth-order valence-electron chi connectivity index (χ4n) is 2.04. The normalized spacial score (nSPS) is 15.3. The summed E-state index contributed by atoms with van der Waals surface area (Å²) in [5.41, 5.74) is 0.838. The Labute approximate surface area is 137 Å². The molecule has 0 saturated heterocycles. The fraction of sp³-hybridized carbons (Fsp3) is 0.467. The van der Waals surface area contributed by atoms with Crippen LogP contribution < -0.4 is 5.32 Å². The zero-order chi connectivity index (χ0) is 15.3. The van der Waals surface area contributed by atoms with Crippen molar-refractivity contribution in [2.24, 2.45) is 5.41 Å². The molecule has 1 aliphatic carbocycles. The molecule has 1 amide bonds. The Bertz CT molecular complexity index is 531. The Hall–Kier alpha value is -1.01. The van der Waals surface area contributed by atoms with Crippen molar-refractivity contribution in [1.82, 2.24) is 0 Å². The second kappa shape index (κ2) is 7.31. The Morgan fingerprint density at radius 1 is 1.38 bits per heavy atom. The minimum atomic E-state index is -0.161. The van der Waals surface area contributed by atoms with Crippen LogP contribution in [0, 0.1) is 5.41 Å². The Morgan fingerprint density at radius 2 is 2.10 bits per heavy atom. The van der Waals surface area contributed by atoms with Gasteiger partial charge in [-0.2, -0.15) is 11.8 Å². The third-order valence-electron chi connectivity index (χ3n) is 3.49. The van der Waals surface area contributed by atoms with Crippen molar-refractivity contribution in [1.29, 1.82) is 0 Å². The van der Waals surface area contributed by atoms with Gasteiger partial charge in [0.15, 0.2) is 0 Å². The fourth-order valence-corrected chi connectivity index (χ4v) is 3.60. The Morgan fingerprint density at radius 3 is 2.71 bits per heavy atom. The van der Waals surface area contributed by atoms with E-state index in [2.05, 4.69) is 21.2 Å². The van der Waals surface area contributed by atoms with Gasteiger partial charge in [0, 0.05) is 4.47 Å². The number of rotatable bonds is 7. The molecule has 1 aliphatic rings. The average Bonchev–Trinajstić information content (AvgIpc) is 3.21. The lowest BCUT2D eigenvalue weighted by molar-refractivity contribution is -0.141. The standard InChI is InChI=1S/C15H18BrNO3S/c1-20-14(19)8-15(6-7-15)10-21-9-13(18)17-12-5-3-2-4-11(12)16/h2-5H,6-10H2,1H3,(H,17,18). The molecule has 4 nitrogen and oxygen atoms in total. The van der Waals surface area contributed by atoms with Crippen molar-refractivity contribution in [2.45, 2.75) is 19.3 Å². The van der Waals surface area contributed by atoms with Crippen LogP contribution in [-0.2, 0) is 14.3 Å². The number of hydrogen-bond acceptors (Lipinski definition) is 4. The van der Waals surface area contributed by atoms with Gasteiger partial charge in [0.25, 0.3) is 0 Å². The quantitative estimate of drug-likeness (QED) is 0.745. The van der Waals surface area contributed by atoms with Crippen molar-refractivity contribution in [3.8, 4) is 0 Å². The summed E-state index contributed by atoms with van der Waals surface area (Å²) >= 11 is 4.97. The van der Waals surface area contributed by atoms with E-state index in [-0.39, 0.29) is 17.3 Å². The number of halogens is 1. The van der Waals surface area contributed by atoms with Gasteiger partial charge >= 0.3 is 5.97 Å². The molecule has 0 atom stereocenters. The lowest BCUT2D eigenvalue weighted by Crippen LogP contribution is -2.17. The van der Waals surface area contributed by atoms with E-state index in [0.29, 0.717) is 12.2 Å². The summed E-state index contributed by atoms with van der Waals surface area (Å²) in [7, 11) is 1.41. The number of carbonyl (C=O) groups is 2. The number of amides is 1. The zero-order valence-electron chi connectivity index (χ0n) is 11.9. The number of hydrogen-bond donors (Lipinski definition) is 1. The highest BCUT2D eigenvalue weighted by Gasteiger charge is 2.44. The number of methoxy groups -OCH3 is 1. The first kappa shape index (κ1) is 16.4. The SMILES string of the molecule is COC(=O)CC1(CSCC(=O)Nc2ccccc2Br)CC1. The first-order valence-corrected chi connectivity index (χ1v) is 8.68. The van der Waals surface area contributed by atoms with Crippen molar-refractivity contribution < 1.29 is 14.3 Å². The second-order valence-corrected chi connectivity index (χ2v) is 7.11. The molecule has 1 aromatic rings. The van der Waals surface area contributed by atoms with Crippen molar-refractivity contribution in [3.63, 3.8) is 0 Å². The van der Waals surface area contributed by atoms with Crippen LogP contribution in [0.25, 0.3) is 0 Å². The molecular weight excluding hydrogens is 354 g/mol. The van der Waals surface area contributed by atoms with E-state index in [0.717, 1.165) is 28.8 Å². The predicted octanol–water partition coefficient (Wildman–Crippen LogP) is 3.46. The van der Waals surface area contributed by atoms with Gasteiger partial charge in [0.05, 0.1) is 25.0 Å². The van der Waals surface area contributed by atoms with Crippen LogP contribution in [-0.4, -0.2) is 30.5 Å². The van der Waals surface area contributed by atoms with Crippen molar-refractivity contribution in [3.05, 3.63) is 28.7 Å². The number of esters is 1. The van der Waals surface area contributed by atoms with E-state index >= 15 is 0 Å². The predicted molar refractivity (Wildman–Crippen MR) is 88.4 cm³/mol. The minimum Gasteiger partial charge on any atom is -0.469 e. The Kier molecular flexibility index (Phi) is 5.70. The Balaban J connectivity index is 1.73. The van der Waals surface area contributed by atoms with Crippen LogP contribution in [0.1, 0.15) is 19.3 Å². The highest BCUT2D eigenvalue weighted by molar-refractivity contribution is 9.10. The maximum absolute atomic E-state index is 11.9. The number of para-hydroxylation sites is 1. The lowest BCUT2D eigenvalue weighted by atomic mass is 10.1. The monoisotopic (exact) mass is 371 g/mol. The summed E-state index contributed by atoms with van der Waals surface area (Å²) in [5.74, 6) is 1.03. The molecule has 1 saturated carbocycles. The molecule has 0 bridgehead atoms. The molecule has 0 heterocycles. The second-order valence-electron chi connectivity index (χ2n) is 5.27. The topological polar surface area (TPSA) is 55.4 Å². The summed E-state index contributed by atoms with van der Waals surface area (Å²) in [4.78, 5) is 23.2. The molecule has 1 fully saturated rings. The van der Waals surface area contributed by atoms with Crippen molar-refractivity contribution >= 4 is 45.3 Å². The number of thioether (sulfide) groups is 1. The molecule has 0 unspecified atom stereocenters. The van der Waals surface area contributed by atoms with Crippen LogP contribution >= 0.6 is 27.7 Å². The van der Waals surface area contributed by atoms with Crippen LogP contribution in [0.3, 0.4) is 0 Å². The number of benzene rings is 1. The molecular formula is C15H18BrNO3S. The zero-order valence-corrected chi connectivity index (χ0v) is 14.3. The smallest absolute Gasteiger partial charge is 0.306 e. The maximum Gasteiger partial charge on any atom is 0.306 e. The highest BCUT2D eigenvalue weighted by Crippen LogP contribution is 2.51. The number of carbonyl (C=O) groups excluding carboxylic acids is 2. The first-order chi connectivity index (χ1) is 10.0. The van der Waals surface area contributed by atoms with E-state index < -0.39 is 0 Å². The molecule has 21 heavy (non-hydrogen) atoms. The minimum absolute atomic E-state index is 0.0271. The molecule has 2 rings (SSSR count). The molecule has 1 aromatic carbocycles. The van der Waals surface area contributed by atoms with Gasteiger partial charge in [-0.15, -0.1) is 0 Å². The first-order valence-electron chi connectivity index (χ1n) is 6.74. The van der Waals surface area contributed by atoms with Gasteiger partial charge in [-0.05, 0) is 52.1 Å². The van der Waals surface area contributed by atoms with Gasteiger partial charge in [0.2, 0.25) is 5.91 Å². The van der Waals surface area contributed by atoms with Gasteiger partial charge in [0.1, 0.15) is 0 Å². The molecule has 0 aliphatic heterocycles. The molecule has 0 spiro atoms. The van der Waals surface area contributed by atoms with Gasteiger partial charge in [-0.3, -0.25) is 9.59 Å². The molecule has 0 aromatic heterocycles. The van der Waals surface area contributed by atoms with Crippen LogP contribution in [0.4, 0.5) is 5.69 Å². The largest absolute Gasteiger partial charge is 0.469 e. The van der Waals surface area contributed by atoms with E-state index in [1.54, 1.807) is 11.8 Å². The van der Waals surface area contributed by atoms with Crippen LogP contribution in [0.5, 0.6) is 0 Å². The summed E-state index contributed by atoms with van der Waals surface area (Å²) in [6.45, 7) is 0. The average molecular weight is 372 g/mol.